The van der Waals surface area contributed by atoms with Crippen LogP contribution in [-0.2, 0) is 16.4 Å². The van der Waals surface area contributed by atoms with Gasteiger partial charge in [-0.25, -0.2) is 13.2 Å². The number of benzene rings is 3. The van der Waals surface area contributed by atoms with Gasteiger partial charge in [0.05, 0.1) is 22.0 Å². The van der Waals surface area contributed by atoms with Crippen LogP contribution in [0.25, 0.3) is 0 Å². The topological polar surface area (TPSA) is 95.5 Å². The Morgan fingerprint density at radius 3 is 2.28 bits per heavy atom. The zero-order valence-electron chi connectivity index (χ0n) is 15.3. The highest BCUT2D eigenvalue weighted by Crippen LogP contribution is 2.28. The van der Waals surface area contributed by atoms with Gasteiger partial charge in [-0.2, -0.15) is 0 Å². The summed E-state index contributed by atoms with van der Waals surface area (Å²) in [6.07, 6.45) is 0.772. The number of nitrogens with one attached hydrogen (secondary N) is 2. The predicted octanol–water partition coefficient (Wildman–Crippen LogP) is 4.49. The second kappa shape index (κ2) is 8.98. The van der Waals surface area contributed by atoms with Gasteiger partial charge >= 0.3 is 5.97 Å². The fourth-order valence-corrected chi connectivity index (χ4v) is 4.36. The number of carbonyl (C=O) groups is 1. The van der Waals surface area contributed by atoms with Crippen molar-refractivity contribution in [2.75, 3.05) is 16.6 Å². The van der Waals surface area contributed by atoms with Gasteiger partial charge in [0.15, 0.2) is 0 Å². The summed E-state index contributed by atoms with van der Waals surface area (Å²) in [6.45, 7) is 0.609. The zero-order chi connectivity index (χ0) is 20.9. The Hall–Kier alpha value is -3.03. The van der Waals surface area contributed by atoms with Crippen molar-refractivity contribution in [2.24, 2.45) is 0 Å². The number of rotatable bonds is 8. The molecule has 150 valence electrons. The summed E-state index contributed by atoms with van der Waals surface area (Å²) < 4.78 is 28.1. The van der Waals surface area contributed by atoms with Gasteiger partial charge in [0.2, 0.25) is 0 Å². The number of para-hydroxylation sites is 2. The Morgan fingerprint density at radius 2 is 1.59 bits per heavy atom. The summed E-state index contributed by atoms with van der Waals surface area (Å²) in [5.74, 6) is -1.24. The molecule has 0 aliphatic rings. The summed E-state index contributed by atoms with van der Waals surface area (Å²) in [4.78, 5) is 10.9. The van der Waals surface area contributed by atoms with E-state index in [2.05, 4.69) is 10.0 Å². The SMILES string of the molecule is O=C(O)c1ccc(Cl)c(S(=O)(=O)Nc2ccccc2NCCc2ccccc2)c1. The summed E-state index contributed by atoms with van der Waals surface area (Å²) in [5, 5.41) is 12.3. The zero-order valence-corrected chi connectivity index (χ0v) is 16.9. The minimum atomic E-state index is -4.08. The lowest BCUT2D eigenvalue weighted by Gasteiger charge is -2.15. The van der Waals surface area contributed by atoms with Crippen LogP contribution in [-0.4, -0.2) is 26.0 Å². The molecule has 0 aliphatic heterocycles. The molecule has 0 heterocycles. The van der Waals surface area contributed by atoms with E-state index in [4.69, 9.17) is 16.7 Å². The van der Waals surface area contributed by atoms with Crippen LogP contribution in [0, 0.1) is 0 Å². The van der Waals surface area contributed by atoms with Crippen molar-refractivity contribution in [3.05, 3.63) is 88.9 Å². The fraction of sp³-hybridized carbons (Fsp3) is 0.0952. The number of sulfonamides is 1. The summed E-state index contributed by atoms with van der Waals surface area (Å²) >= 11 is 6.02. The van der Waals surface area contributed by atoms with Gasteiger partial charge in [-0.1, -0.05) is 54.1 Å². The maximum atomic E-state index is 12.8. The first kappa shape index (κ1) is 20.7. The van der Waals surface area contributed by atoms with Gasteiger partial charge in [-0.05, 0) is 42.3 Å². The molecule has 3 rings (SSSR count). The van der Waals surface area contributed by atoms with E-state index < -0.39 is 16.0 Å². The smallest absolute Gasteiger partial charge is 0.335 e. The molecular weight excluding hydrogens is 412 g/mol. The van der Waals surface area contributed by atoms with Crippen molar-refractivity contribution in [3.63, 3.8) is 0 Å². The number of hydrogen-bond donors (Lipinski definition) is 3. The highest BCUT2D eigenvalue weighted by molar-refractivity contribution is 7.92. The van der Waals surface area contributed by atoms with Crippen molar-refractivity contribution in [3.8, 4) is 0 Å². The molecule has 8 heteroatoms. The maximum absolute atomic E-state index is 12.8. The van der Waals surface area contributed by atoms with Crippen molar-refractivity contribution >= 4 is 39.0 Å². The lowest BCUT2D eigenvalue weighted by Crippen LogP contribution is -2.16. The third kappa shape index (κ3) is 5.28. The quantitative estimate of drug-likeness (QED) is 0.489. The molecule has 0 aliphatic carbocycles. The van der Waals surface area contributed by atoms with Crippen LogP contribution in [0.2, 0.25) is 5.02 Å². The number of anilines is 2. The van der Waals surface area contributed by atoms with Gasteiger partial charge in [0, 0.05) is 6.54 Å². The number of halogens is 1. The first-order chi connectivity index (χ1) is 13.9. The van der Waals surface area contributed by atoms with Gasteiger partial charge in [0.25, 0.3) is 10.0 Å². The molecule has 0 saturated heterocycles. The number of carboxylic acid groups (broad SMARTS) is 1. The number of carboxylic acids is 1. The van der Waals surface area contributed by atoms with Crippen molar-refractivity contribution in [1.82, 2.24) is 0 Å². The Balaban J connectivity index is 1.79. The molecule has 0 radical (unpaired) electrons. The van der Waals surface area contributed by atoms with Gasteiger partial charge < -0.3 is 10.4 Å². The molecule has 0 amide bonds. The van der Waals surface area contributed by atoms with Gasteiger partial charge in [0.1, 0.15) is 4.90 Å². The molecule has 0 aromatic heterocycles. The van der Waals surface area contributed by atoms with E-state index in [0.717, 1.165) is 18.1 Å². The van der Waals surface area contributed by atoms with E-state index in [-0.39, 0.29) is 15.5 Å². The summed E-state index contributed by atoms with van der Waals surface area (Å²) in [7, 11) is -4.08. The highest BCUT2D eigenvalue weighted by atomic mass is 35.5. The highest BCUT2D eigenvalue weighted by Gasteiger charge is 2.21. The minimum Gasteiger partial charge on any atom is -0.478 e. The molecule has 29 heavy (non-hydrogen) atoms. The molecule has 0 fully saturated rings. The monoisotopic (exact) mass is 430 g/mol. The molecular formula is C21H19ClN2O4S. The molecule has 3 aromatic rings. The van der Waals surface area contributed by atoms with Gasteiger partial charge in [-0.15, -0.1) is 0 Å². The average molecular weight is 431 g/mol. The number of hydrogen-bond acceptors (Lipinski definition) is 4. The third-order valence-corrected chi connectivity index (χ3v) is 6.06. The lowest BCUT2D eigenvalue weighted by atomic mass is 10.1. The molecule has 6 nitrogen and oxygen atoms in total. The van der Waals surface area contributed by atoms with Crippen molar-refractivity contribution < 1.29 is 18.3 Å². The first-order valence-electron chi connectivity index (χ1n) is 8.79. The predicted molar refractivity (Wildman–Crippen MR) is 114 cm³/mol. The van der Waals surface area contributed by atoms with Crippen LogP contribution in [0.15, 0.2) is 77.7 Å². The Labute approximate surface area is 174 Å². The van der Waals surface area contributed by atoms with Crippen molar-refractivity contribution in [1.29, 1.82) is 0 Å². The van der Waals surface area contributed by atoms with Crippen LogP contribution < -0.4 is 10.0 Å². The second-order valence-corrected chi connectivity index (χ2v) is 8.32. The van der Waals surface area contributed by atoms with E-state index in [1.807, 2.05) is 30.3 Å². The minimum absolute atomic E-state index is 0.0583. The van der Waals surface area contributed by atoms with E-state index in [1.165, 1.54) is 12.1 Å². The van der Waals surface area contributed by atoms with E-state index in [9.17, 15) is 13.2 Å². The molecule has 0 atom stereocenters. The van der Waals surface area contributed by atoms with Crippen LogP contribution in [0.4, 0.5) is 11.4 Å². The molecule has 3 N–H and O–H groups in total. The van der Waals surface area contributed by atoms with Crippen LogP contribution in [0.5, 0.6) is 0 Å². The molecule has 0 bridgehead atoms. The standard InChI is InChI=1S/C21H19ClN2O4S/c22-17-11-10-16(21(25)26)14-20(17)29(27,28)24-19-9-5-4-8-18(19)23-13-12-15-6-2-1-3-7-15/h1-11,14,23-24H,12-13H2,(H,25,26). The second-order valence-electron chi connectivity index (χ2n) is 6.26. The van der Waals surface area contributed by atoms with E-state index in [0.29, 0.717) is 17.9 Å². The largest absolute Gasteiger partial charge is 0.478 e. The van der Waals surface area contributed by atoms with Gasteiger partial charge in [-0.3, -0.25) is 4.72 Å². The molecule has 3 aromatic carbocycles. The Kier molecular flexibility index (Phi) is 6.41. The lowest BCUT2D eigenvalue weighted by molar-refractivity contribution is 0.0696. The first-order valence-corrected chi connectivity index (χ1v) is 10.7. The molecule has 0 saturated carbocycles. The molecule has 0 spiro atoms. The average Bonchev–Trinajstić information content (AvgIpc) is 2.70. The summed E-state index contributed by atoms with van der Waals surface area (Å²) in [5.41, 5.74) is 1.95. The normalized spacial score (nSPS) is 11.1. The van der Waals surface area contributed by atoms with Crippen LogP contribution in [0.3, 0.4) is 0 Å². The Bertz CT molecular complexity index is 1120. The van der Waals surface area contributed by atoms with Crippen LogP contribution >= 0.6 is 11.6 Å². The van der Waals surface area contributed by atoms with E-state index in [1.54, 1.807) is 24.3 Å². The number of aromatic carboxylic acids is 1. The fourth-order valence-electron chi connectivity index (χ4n) is 2.75. The Morgan fingerprint density at radius 1 is 0.931 bits per heavy atom. The van der Waals surface area contributed by atoms with Crippen LogP contribution in [0.1, 0.15) is 15.9 Å². The third-order valence-electron chi connectivity index (χ3n) is 4.21. The summed E-state index contributed by atoms with van der Waals surface area (Å²) in [6, 6.07) is 20.3. The maximum Gasteiger partial charge on any atom is 0.335 e. The van der Waals surface area contributed by atoms with Crippen molar-refractivity contribution in [2.45, 2.75) is 11.3 Å². The molecule has 0 unspecified atom stereocenters. The van der Waals surface area contributed by atoms with E-state index >= 15 is 0 Å².